The van der Waals surface area contributed by atoms with Gasteiger partial charge < -0.3 is 0 Å². The summed E-state index contributed by atoms with van der Waals surface area (Å²) in [4.78, 5) is 0. The van der Waals surface area contributed by atoms with Crippen molar-refractivity contribution in [2.45, 2.75) is 17.9 Å². The first-order valence-electron chi connectivity index (χ1n) is 5.60. The van der Waals surface area contributed by atoms with Crippen molar-refractivity contribution in [1.82, 2.24) is 14.1 Å². The maximum absolute atomic E-state index is 12.3. The zero-order valence-corrected chi connectivity index (χ0v) is 11.3. The van der Waals surface area contributed by atoms with Gasteiger partial charge in [-0.15, -0.1) is 11.6 Å². The molecule has 1 fully saturated rings. The Bertz CT molecular complexity index is 477. The third-order valence-electron chi connectivity index (χ3n) is 3.17. The molecular formula is C10H16ClN3O2S. The van der Waals surface area contributed by atoms with Crippen LogP contribution in [0.2, 0.25) is 0 Å². The van der Waals surface area contributed by atoms with Gasteiger partial charge in [-0.05, 0) is 24.8 Å². The number of hydrogen-bond acceptors (Lipinski definition) is 3. The quantitative estimate of drug-likeness (QED) is 0.777. The van der Waals surface area contributed by atoms with Crippen LogP contribution in [0.1, 0.15) is 12.8 Å². The number of hydrogen-bond donors (Lipinski definition) is 0. The van der Waals surface area contributed by atoms with Gasteiger partial charge in [0.15, 0.2) is 5.03 Å². The van der Waals surface area contributed by atoms with Gasteiger partial charge in [-0.3, -0.25) is 4.68 Å². The summed E-state index contributed by atoms with van der Waals surface area (Å²) in [7, 11) is -1.75. The highest BCUT2D eigenvalue weighted by Crippen LogP contribution is 2.23. The number of piperidine rings is 1. The first kappa shape index (κ1) is 12.9. The van der Waals surface area contributed by atoms with Gasteiger partial charge in [-0.2, -0.15) is 9.40 Å². The molecule has 0 saturated carbocycles. The van der Waals surface area contributed by atoms with Gasteiger partial charge in [0, 0.05) is 26.0 Å². The molecule has 1 saturated heterocycles. The summed E-state index contributed by atoms with van der Waals surface area (Å²) < 4.78 is 27.5. The molecule has 17 heavy (non-hydrogen) atoms. The molecule has 1 aliphatic rings. The second-order valence-electron chi connectivity index (χ2n) is 4.29. The molecular weight excluding hydrogens is 262 g/mol. The molecule has 0 unspecified atom stereocenters. The Morgan fingerprint density at radius 2 is 2.12 bits per heavy atom. The number of sulfonamides is 1. The fraction of sp³-hybridized carbons (Fsp3) is 0.700. The van der Waals surface area contributed by atoms with Gasteiger partial charge in [0.1, 0.15) is 0 Å². The lowest BCUT2D eigenvalue weighted by atomic mass is 10.0. The molecule has 0 spiro atoms. The first-order valence-corrected chi connectivity index (χ1v) is 7.57. The molecule has 7 heteroatoms. The smallest absolute Gasteiger partial charge is 0.256 e. The van der Waals surface area contributed by atoms with Crippen LogP contribution in [0.3, 0.4) is 0 Å². The lowest BCUT2D eigenvalue weighted by Gasteiger charge is -2.29. The molecule has 1 aromatic rings. The average molecular weight is 278 g/mol. The molecule has 2 rings (SSSR count). The Hall–Kier alpha value is -0.590. The van der Waals surface area contributed by atoms with Crippen LogP contribution < -0.4 is 0 Å². The van der Waals surface area contributed by atoms with E-state index in [2.05, 4.69) is 5.10 Å². The van der Waals surface area contributed by atoms with Crippen molar-refractivity contribution < 1.29 is 8.42 Å². The fourth-order valence-electron chi connectivity index (χ4n) is 2.05. The van der Waals surface area contributed by atoms with E-state index in [4.69, 9.17) is 11.6 Å². The predicted molar refractivity (Wildman–Crippen MR) is 65.4 cm³/mol. The molecule has 0 radical (unpaired) electrons. The van der Waals surface area contributed by atoms with Crippen molar-refractivity contribution in [2.24, 2.45) is 13.0 Å². The van der Waals surface area contributed by atoms with E-state index in [0.29, 0.717) is 24.9 Å². The molecule has 0 N–H and O–H groups in total. The van der Waals surface area contributed by atoms with Crippen LogP contribution >= 0.6 is 11.6 Å². The highest BCUT2D eigenvalue weighted by Gasteiger charge is 2.30. The molecule has 0 aromatic carbocycles. The van der Waals surface area contributed by atoms with Crippen LogP contribution in [0, 0.1) is 5.92 Å². The van der Waals surface area contributed by atoms with Crippen LogP contribution in [0.15, 0.2) is 17.3 Å². The van der Waals surface area contributed by atoms with Crippen LogP contribution in [0.4, 0.5) is 0 Å². The lowest BCUT2D eigenvalue weighted by Crippen LogP contribution is -2.39. The van der Waals surface area contributed by atoms with Gasteiger partial charge in [-0.1, -0.05) is 0 Å². The van der Waals surface area contributed by atoms with E-state index in [-0.39, 0.29) is 5.03 Å². The van der Waals surface area contributed by atoms with Gasteiger partial charge >= 0.3 is 0 Å². The molecule has 5 nitrogen and oxygen atoms in total. The largest absolute Gasteiger partial charge is 0.260 e. The van der Waals surface area contributed by atoms with E-state index in [1.807, 2.05) is 0 Å². The molecule has 1 aromatic heterocycles. The van der Waals surface area contributed by atoms with E-state index >= 15 is 0 Å². The summed E-state index contributed by atoms with van der Waals surface area (Å²) in [5.74, 6) is 1.05. The minimum Gasteiger partial charge on any atom is -0.256 e. The number of nitrogens with zero attached hydrogens (tertiary/aromatic N) is 3. The SMILES string of the molecule is Cn1nccc1S(=O)(=O)N1CCC(CCl)CC1. The van der Waals surface area contributed by atoms with Crippen molar-refractivity contribution in [3.05, 3.63) is 12.3 Å². The Labute approximate surface area is 106 Å². The second-order valence-corrected chi connectivity index (χ2v) is 6.49. The Balaban J connectivity index is 2.16. The Kier molecular flexibility index (Phi) is 3.75. The number of halogens is 1. The first-order chi connectivity index (χ1) is 8.05. The Morgan fingerprint density at radius 3 is 2.59 bits per heavy atom. The highest BCUT2D eigenvalue weighted by atomic mass is 35.5. The zero-order chi connectivity index (χ0) is 12.5. The van der Waals surface area contributed by atoms with E-state index in [1.165, 1.54) is 21.3 Å². The van der Waals surface area contributed by atoms with Crippen molar-refractivity contribution in [3.63, 3.8) is 0 Å². The Morgan fingerprint density at radius 1 is 1.47 bits per heavy atom. The molecule has 0 atom stereocenters. The van der Waals surface area contributed by atoms with Crippen molar-refractivity contribution in [2.75, 3.05) is 19.0 Å². The van der Waals surface area contributed by atoms with Crippen LogP contribution in [-0.2, 0) is 17.1 Å². The summed E-state index contributed by atoms with van der Waals surface area (Å²) in [5.41, 5.74) is 0. The molecule has 2 heterocycles. The minimum atomic E-state index is -3.39. The van der Waals surface area contributed by atoms with Gasteiger partial charge in [0.2, 0.25) is 0 Å². The maximum atomic E-state index is 12.3. The number of aromatic nitrogens is 2. The summed E-state index contributed by atoms with van der Waals surface area (Å²) >= 11 is 5.79. The van der Waals surface area contributed by atoms with E-state index in [9.17, 15) is 8.42 Å². The maximum Gasteiger partial charge on any atom is 0.260 e. The average Bonchev–Trinajstić information content (AvgIpc) is 2.76. The minimum absolute atomic E-state index is 0.252. The van der Waals surface area contributed by atoms with Gasteiger partial charge in [-0.25, -0.2) is 8.42 Å². The summed E-state index contributed by atoms with van der Waals surface area (Å²) in [6.07, 6.45) is 3.17. The number of alkyl halides is 1. The summed E-state index contributed by atoms with van der Waals surface area (Å²) in [6.45, 7) is 1.09. The molecule has 96 valence electrons. The zero-order valence-electron chi connectivity index (χ0n) is 9.71. The monoisotopic (exact) mass is 277 g/mol. The fourth-order valence-corrected chi connectivity index (χ4v) is 3.93. The topological polar surface area (TPSA) is 55.2 Å². The van der Waals surface area contributed by atoms with Crippen molar-refractivity contribution in [1.29, 1.82) is 0 Å². The van der Waals surface area contributed by atoms with Crippen molar-refractivity contribution >= 4 is 21.6 Å². The van der Waals surface area contributed by atoms with Crippen molar-refractivity contribution in [3.8, 4) is 0 Å². The van der Waals surface area contributed by atoms with E-state index in [0.717, 1.165) is 12.8 Å². The molecule has 0 bridgehead atoms. The molecule has 0 amide bonds. The third-order valence-corrected chi connectivity index (χ3v) is 5.58. The molecule has 0 aliphatic carbocycles. The number of rotatable bonds is 3. The normalized spacial score (nSPS) is 19.6. The molecule has 1 aliphatic heterocycles. The predicted octanol–water partition coefficient (Wildman–Crippen LogP) is 1.06. The van der Waals surface area contributed by atoms with E-state index in [1.54, 1.807) is 7.05 Å². The summed E-state index contributed by atoms with van der Waals surface area (Å²) in [6, 6.07) is 1.53. The van der Waals surface area contributed by atoms with Crippen LogP contribution in [0.5, 0.6) is 0 Å². The highest BCUT2D eigenvalue weighted by molar-refractivity contribution is 7.89. The number of aryl methyl sites for hydroxylation is 1. The third kappa shape index (κ3) is 2.48. The van der Waals surface area contributed by atoms with Crippen LogP contribution in [0.25, 0.3) is 0 Å². The van der Waals surface area contributed by atoms with Gasteiger partial charge in [0.05, 0.1) is 6.20 Å². The summed E-state index contributed by atoms with van der Waals surface area (Å²) in [5, 5.41) is 4.15. The van der Waals surface area contributed by atoms with E-state index < -0.39 is 10.0 Å². The van der Waals surface area contributed by atoms with Gasteiger partial charge in [0.25, 0.3) is 10.0 Å². The van der Waals surface area contributed by atoms with Crippen LogP contribution in [-0.4, -0.2) is 41.5 Å². The lowest BCUT2D eigenvalue weighted by molar-refractivity contribution is 0.288. The second kappa shape index (κ2) is 4.96. The standard InChI is InChI=1S/C10H16ClN3O2S/c1-13-10(2-5-12-13)17(15,16)14-6-3-9(8-11)4-7-14/h2,5,9H,3-4,6-8H2,1H3.